The molecule has 2 aliphatic heterocycles. The Labute approximate surface area is 209 Å². The smallest absolute Gasteiger partial charge is 0.287 e. The lowest BCUT2D eigenvalue weighted by molar-refractivity contribution is -0.385. The van der Waals surface area contributed by atoms with Gasteiger partial charge in [-0.1, -0.05) is 24.3 Å². The highest BCUT2D eigenvalue weighted by atomic mass is 16.7. The van der Waals surface area contributed by atoms with Gasteiger partial charge in [-0.2, -0.15) is 5.10 Å². The molecule has 37 heavy (non-hydrogen) atoms. The van der Waals surface area contributed by atoms with Gasteiger partial charge in [-0.15, -0.1) is 0 Å². The average Bonchev–Trinajstić information content (AvgIpc) is 3.56. The van der Waals surface area contributed by atoms with E-state index >= 15 is 0 Å². The first kappa shape index (κ1) is 23.4. The van der Waals surface area contributed by atoms with Gasteiger partial charge in [0.15, 0.2) is 23.0 Å². The highest BCUT2D eigenvalue weighted by Crippen LogP contribution is 2.37. The maximum Gasteiger partial charge on any atom is 0.287 e. The van der Waals surface area contributed by atoms with Crippen LogP contribution in [-0.2, 0) is 4.79 Å². The van der Waals surface area contributed by atoms with Crippen LogP contribution in [0.3, 0.4) is 0 Å². The summed E-state index contributed by atoms with van der Waals surface area (Å²) in [6.45, 7) is 0.0280. The number of amides is 2. The number of nitrogens with one attached hydrogen (secondary N) is 2. The van der Waals surface area contributed by atoms with Gasteiger partial charge in [-0.3, -0.25) is 19.7 Å². The summed E-state index contributed by atoms with van der Waals surface area (Å²) in [5.74, 6) is 0.338. The van der Waals surface area contributed by atoms with E-state index in [-0.39, 0.29) is 36.3 Å². The predicted molar refractivity (Wildman–Crippen MR) is 129 cm³/mol. The summed E-state index contributed by atoms with van der Waals surface area (Å²) in [4.78, 5) is 36.6. The van der Waals surface area contributed by atoms with Crippen LogP contribution in [0.25, 0.3) is 6.08 Å². The van der Waals surface area contributed by atoms with Crippen molar-refractivity contribution in [1.29, 1.82) is 0 Å². The fourth-order valence-corrected chi connectivity index (χ4v) is 3.54. The number of carbonyl (C=O) groups is 2. The van der Waals surface area contributed by atoms with Gasteiger partial charge in [0.25, 0.3) is 17.5 Å². The number of fused-ring (bicyclic) bond motifs is 2. The molecule has 0 saturated heterocycles. The number of hydrogen-bond donors (Lipinski definition) is 2. The van der Waals surface area contributed by atoms with Gasteiger partial charge in [0.1, 0.15) is 5.70 Å². The van der Waals surface area contributed by atoms with E-state index in [4.69, 9.17) is 18.9 Å². The summed E-state index contributed by atoms with van der Waals surface area (Å²) in [7, 11) is 0. The van der Waals surface area contributed by atoms with Crippen LogP contribution in [-0.4, -0.2) is 36.5 Å². The molecular weight excluding hydrogens is 484 g/mol. The van der Waals surface area contributed by atoms with Crippen molar-refractivity contribution in [2.45, 2.75) is 0 Å². The lowest BCUT2D eigenvalue weighted by Gasteiger charge is -2.09. The van der Waals surface area contributed by atoms with Crippen molar-refractivity contribution in [1.82, 2.24) is 10.7 Å². The molecule has 12 nitrogen and oxygen atoms in total. The van der Waals surface area contributed by atoms with Crippen molar-refractivity contribution in [3.63, 3.8) is 0 Å². The first-order chi connectivity index (χ1) is 18.0. The van der Waals surface area contributed by atoms with E-state index in [9.17, 15) is 19.7 Å². The van der Waals surface area contributed by atoms with Crippen molar-refractivity contribution in [3.8, 4) is 23.0 Å². The Morgan fingerprint density at radius 3 is 2.30 bits per heavy atom. The molecule has 0 aliphatic carbocycles. The quantitative estimate of drug-likeness (QED) is 0.217. The zero-order chi connectivity index (χ0) is 25.8. The highest BCUT2D eigenvalue weighted by Gasteiger charge is 2.23. The van der Waals surface area contributed by atoms with E-state index in [1.54, 1.807) is 48.5 Å². The van der Waals surface area contributed by atoms with Gasteiger partial charge in [-0.05, 0) is 42.0 Å². The van der Waals surface area contributed by atoms with E-state index in [2.05, 4.69) is 15.8 Å². The Morgan fingerprint density at radius 2 is 1.57 bits per heavy atom. The van der Waals surface area contributed by atoms with Gasteiger partial charge in [0.05, 0.1) is 22.8 Å². The molecule has 2 aliphatic rings. The topological polar surface area (TPSA) is 151 Å². The molecule has 186 valence electrons. The molecule has 0 radical (unpaired) electrons. The largest absolute Gasteiger partial charge is 0.454 e. The van der Waals surface area contributed by atoms with Crippen LogP contribution in [0.4, 0.5) is 5.69 Å². The van der Waals surface area contributed by atoms with Gasteiger partial charge in [-0.25, -0.2) is 5.43 Å². The van der Waals surface area contributed by atoms with Crippen LogP contribution in [0.5, 0.6) is 23.0 Å². The third kappa shape index (κ3) is 5.17. The standard InChI is InChI=1S/C25H18N4O8/c30-24(16-4-2-1-3-5-16)27-18(8-15-6-7-20-21(9-15)35-13-34-20)25(31)28-26-12-17-10-22-23(37-14-36-22)11-19(17)29(32)33/h1-12H,13-14H2,(H,27,30)(H,28,31)/b18-8+,26-12+. The number of rotatable bonds is 7. The monoisotopic (exact) mass is 502 g/mol. The normalized spacial score (nSPS) is 13.5. The number of ether oxygens (including phenoxy) is 4. The van der Waals surface area contributed by atoms with Crippen LogP contribution < -0.4 is 29.7 Å². The fourth-order valence-electron chi connectivity index (χ4n) is 3.54. The zero-order valence-electron chi connectivity index (χ0n) is 19.0. The Balaban J connectivity index is 1.39. The number of hydrogen-bond acceptors (Lipinski definition) is 9. The van der Waals surface area contributed by atoms with Crippen LogP contribution in [0.2, 0.25) is 0 Å². The van der Waals surface area contributed by atoms with E-state index in [0.717, 1.165) is 6.21 Å². The number of nitro benzene ring substituents is 1. The summed E-state index contributed by atoms with van der Waals surface area (Å²) in [6.07, 6.45) is 2.55. The molecule has 5 rings (SSSR count). The minimum Gasteiger partial charge on any atom is -0.454 e. The first-order valence-electron chi connectivity index (χ1n) is 10.9. The summed E-state index contributed by atoms with van der Waals surface area (Å²) in [5.41, 5.74) is 2.87. The molecule has 0 unspecified atom stereocenters. The van der Waals surface area contributed by atoms with E-state index < -0.39 is 16.7 Å². The Hall–Kier alpha value is -5.39. The molecule has 0 aromatic heterocycles. The molecule has 0 bridgehead atoms. The van der Waals surface area contributed by atoms with E-state index in [0.29, 0.717) is 28.4 Å². The average molecular weight is 502 g/mol. The van der Waals surface area contributed by atoms with Gasteiger partial charge < -0.3 is 24.3 Å². The molecule has 0 fully saturated rings. The second-order valence-corrected chi connectivity index (χ2v) is 7.71. The SMILES string of the molecule is O=C(N/N=C/c1cc2c(cc1[N+](=O)[O-])OCO2)/C(=C\c1ccc2c(c1)OCO2)NC(=O)c1ccccc1. The van der Waals surface area contributed by atoms with Crippen molar-refractivity contribution in [2.75, 3.05) is 13.6 Å². The van der Waals surface area contributed by atoms with Gasteiger partial charge in [0, 0.05) is 5.56 Å². The second kappa shape index (κ2) is 10.1. The number of nitro groups is 1. The summed E-state index contributed by atoms with van der Waals surface area (Å²) < 4.78 is 21.1. The lowest BCUT2D eigenvalue weighted by atomic mass is 10.1. The summed E-state index contributed by atoms with van der Waals surface area (Å²) >= 11 is 0. The van der Waals surface area contributed by atoms with Crippen molar-refractivity contribution >= 4 is 29.8 Å². The second-order valence-electron chi connectivity index (χ2n) is 7.71. The predicted octanol–water partition coefficient (Wildman–Crippen LogP) is 2.97. The van der Waals surface area contributed by atoms with Gasteiger partial charge >= 0.3 is 0 Å². The fraction of sp³-hybridized carbons (Fsp3) is 0.0800. The molecule has 0 saturated carbocycles. The first-order valence-corrected chi connectivity index (χ1v) is 10.9. The number of hydrazone groups is 1. The van der Waals surface area contributed by atoms with E-state index in [1.165, 1.54) is 18.2 Å². The number of nitrogens with zero attached hydrogens (tertiary/aromatic N) is 2. The zero-order valence-corrected chi connectivity index (χ0v) is 19.0. The highest BCUT2D eigenvalue weighted by molar-refractivity contribution is 6.05. The third-order valence-corrected chi connectivity index (χ3v) is 5.32. The third-order valence-electron chi connectivity index (χ3n) is 5.32. The molecular formula is C25H18N4O8. The van der Waals surface area contributed by atoms with Gasteiger partial charge in [0.2, 0.25) is 13.6 Å². The van der Waals surface area contributed by atoms with E-state index in [1.807, 2.05) is 0 Å². The van der Waals surface area contributed by atoms with Crippen LogP contribution in [0.1, 0.15) is 21.5 Å². The molecule has 3 aromatic rings. The minimum atomic E-state index is -0.762. The maximum atomic E-state index is 13.0. The molecule has 0 spiro atoms. The van der Waals surface area contributed by atoms with Crippen molar-refractivity contribution in [3.05, 3.63) is 93.2 Å². The number of carbonyl (C=O) groups excluding carboxylic acids is 2. The molecule has 12 heteroatoms. The number of benzene rings is 3. The minimum absolute atomic E-state index is 0.0566. The Kier molecular flexibility index (Phi) is 6.36. The van der Waals surface area contributed by atoms with Crippen LogP contribution >= 0.6 is 0 Å². The Morgan fingerprint density at radius 1 is 0.892 bits per heavy atom. The Bertz CT molecular complexity index is 1450. The lowest BCUT2D eigenvalue weighted by Crippen LogP contribution is -2.32. The molecule has 0 atom stereocenters. The van der Waals surface area contributed by atoms with Crippen molar-refractivity contribution < 1.29 is 33.5 Å². The molecule has 2 amide bonds. The van der Waals surface area contributed by atoms with Crippen LogP contribution in [0, 0.1) is 10.1 Å². The van der Waals surface area contributed by atoms with Crippen molar-refractivity contribution in [2.24, 2.45) is 5.10 Å². The summed E-state index contributed by atoms with van der Waals surface area (Å²) in [6, 6.07) is 16.0. The maximum absolute atomic E-state index is 13.0. The molecule has 2 heterocycles. The molecule has 2 N–H and O–H groups in total. The molecule has 3 aromatic carbocycles. The van der Waals surface area contributed by atoms with Crippen LogP contribution in [0.15, 0.2) is 71.5 Å². The summed E-state index contributed by atoms with van der Waals surface area (Å²) in [5, 5.41) is 17.9.